The summed E-state index contributed by atoms with van der Waals surface area (Å²) in [6, 6.07) is 10.5. The Morgan fingerprint density at radius 1 is 1.22 bits per heavy atom. The summed E-state index contributed by atoms with van der Waals surface area (Å²) in [6.45, 7) is 7.42. The molecule has 1 aliphatic heterocycles. The first-order valence-electron chi connectivity index (χ1n) is 6.95. The van der Waals surface area contributed by atoms with E-state index in [9.17, 15) is 4.79 Å². The predicted octanol–water partition coefficient (Wildman–Crippen LogP) is 3.64. The lowest BCUT2D eigenvalue weighted by atomic mass is 9.96. The van der Waals surface area contributed by atoms with Crippen molar-refractivity contribution in [1.29, 1.82) is 0 Å². The van der Waals surface area contributed by atoms with Gasteiger partial charge in [-0.05, 0) is 31.2 Å². The topological polar surface area (TPSA) is 20.3 Å². The van der Waals surface area contributed by atoms with Gasteiger partial charge in [0.2, 0.25) is 5.91 Å². The minimum absolute atomic E-state index is 0.205. The van der Waals surface area contributed by atoms with Gasteiger partial charge in [0.05, 0.1) is 6.04 Å². The fourth-order valence-electron chi connectivity index (χ4n) is 2.85. The molecule has 1 aromatic rings. The summed E-state index contributed by atoms with van der Waals surface area (Å²) in [6.07, 6.45) is 2.05. The van der Waals surface area contributed by atoms with Crippen LogP contribution in [0.25, 0.3) is 0 Å². The number of hydrogen-bond acceptors (Lipinski definition) is 1. The van der Waals surface area contributed by atoms with Crippen molar-refractivity contribution in [2.24, 2.45) is 11.8 Å². The van der Waals surface area contributed by atoms with Crippen LogP contribution in [0, 0.1) is 11.8 Å². The fourth-order valence-corrected chi connectivity index (χ4v) is 2.85. The molecule has 2 atom stereocenters. The normalized spacial score (nSPS) is 21.7. The summed E-state index contributed by atoms with van der Waals surface area (Å²) >= 11 is 0. The minimum atomic E-state index is 0.205. The maximum atomic E-state index is 12.4. The number of carbonyl (C=O) groups excluding carboxylic acids is 1. The number of benzene rings is 1. The summed E-state index contributed by atoms with van der Waals surface area (Å²) in [5.74, 6) is 1.20. The molecule has 1 aromatic carbocycles. The van der Waals surface area contributed by atoms with E-state index in [1.807, 2.05) is 23.1 Å². The van der Waals surface area contributed by atoms with Crippen LogP contribution in [0.15, 0.2) is 30.3 Å². The van der Waals surface area contributed by atoms with Crippen LogP contribution in [0.4, 0.5) is 0 Å². The van der Waals surface area contributed by atoms with E-state index in [0.717, 1.165) is 19.4 Å². The number of rotatable bonds is 4. The molecule has 18 heavy (non-hydrogen) atoms. The number of likely N-dealkylation sites (tertiary alicyclic amines) is 1. The van der Waals surface area contributed by atoms with E-state index in [1.165, 1.54) is 5.56 Å². The standard InChI is InChI=1S/C16H23NO/c1-12(2)11-15-9-10-17(16(15)18)13(3)14-7-5-4-6-8-14/h4-8,12-13,15H,9-11H2,1-3H3/t13-,15+/m0/s1. The van der Waals surface area contributed by atoms with Crippen molar-refractivity contribution in [3.63, 3.8) is 0 Å². The number of hydrogen-bond donors (Lipinski definition) is 0. The monoisotopic (exact) mass is 245 g/mol. The molecule has 0 radical (unpaired) electrons. The highest BCUT2D eigenvalue weighted by Crippen LogP contribution is 2.31. The highest BCUT2D eigenvalue weighted by atomic mass is 16.2. The Bertz CT molecular complexity index is 399. The van der Waals surface area contributed by atoms with Gasteiger partial charge in [0, 0.05) is 12.5 Å². The Labute approximate surface area is 110 Å². The quantitative estimate of drug-likeness (QED) is 0.793. The molecular formula is C16H23NO. The SMILES string of the molecule is CC(C)C[C@H]1CCN([C@@H](C)c2ccccc2)C1=O. The van der Waals surface area contributed by atoms with Crippen molar-refractivity contribution >= 4 is 5.91 Å². The Hall–Kier alpha value is -1.31. The van der Waals surface area contributed by atoms with Gasteiger partial charge in [0.1, 0.15) is 0 Å². The van der Waals surface area contributed by atoms with Crippen LogP contribution < -0.4 is 0 Å². The molecule has 1 saturated heterocycles. The first kappa shape index (κ1) is 13.1. The van der Waals surface area contributed by atoms with Crippen LogP contribution in [0.1, 0.15) is 45.2 Å². The van der Waals surface area contributed by atoms with Gasteiger partial charge in [0.25, 0.3) is 0 Å². The molecule has 2 nitrogen and oxygen atoms in total. The average Bonchev–Trinajstić information content (AvgIpc) is 2.71. The Morgan fingerprint density at radius 3 is 2.50 bits per heavy atom. The molecule has 1 aliphatic rings. The number of nitrogens with zero attached hydrogens (tertiary/aromatic N) is 1. The smallest absolute Gasteiger partial charge is 0.226 e. The lowest BCUT2D eigenvalue weighted by molar-refractivity contribution is -0.133. The van der Waals surface area contributed by atoms with Crippen LogP contribution >= 0.6 is 0 Å². The molecule has 0 aromatic heterocycles. The van der Waals surface area contributed by atoms with Crippen molar-refractivity contribution < 1.29 is 4.79 Å². The molecule has 2 heteroatoms. The highest BCUT2D eigenvalue weighted by Gasteiger charge is 2.34. The van der Waals surface area contributed by atoms with E-state index in [4.69, 9.17) is 0 Å². The van der Waals surface area contributed by atoms with Crippen molar-refractivity contribution in [3.05, 3.63) is 35.9 Å². The second-order valence-electron chi connectivity index (χ2n) is 5.73. The fraction of sp³-hybridized carbons (Fsp3) is 0.562. The molecule has 1 amide bonds. The lowest BCUT2D eigenvalue weighted by Crippen LogP contribution is -2.30. The van der Waals surface area contributed by atoms with Crippen molar-refractivity contribution in [3.8, 4) is 0 Å². The van der Waals surface area contributed by atoms with Gasteiger partial charge < -0.3 is 4.90 Å². The summed E-state index contributed by atoms with van der Waals surface area (Å²) < 4.78 is 0. The van der Waals surface area contributed by atoms with Gasteiger partial charge in [-0.25, -0.2) is 0 Å². The first-order chi connectivity index (χ1) is 8.59. The third kappa shape index (κ3) is 2.74. The molecule has 0 bridgehead atoms. The second-order valence-corrected chi connectivity index (χ2v) is 5.73. The van der Waals surface area contributed by atoms with E-state index in [2.05, 4.69) is 32.9 Å². The maximum absolute atomic E-state index is 12.4. The predicted molar refractivity (Wildman–Crippen MR) is 74.1 cm³/mol. The van der Waals surface area contributed by atoms with Gasteiger partial charge in [-0.2, -0.15) is 0 Å². The van der Waals surface area contributed by atoms with Crippen LogP contribution in [-0.4, -0.2) is 17.4 Å². The Kier molecular flexibility index (Phi) is 4.05. The molecule has 2 rings (SSSR count). The Balaban J connectivity index is 2.05. The van der Waals surface area contributed by atoms with Crippen LogP contribution in [0.3, 0.4) is 0 Å². The number of amides is 1. The first-order valence-corrected chi connectivity index (χ1v) is 6.95. The summed E-state index contributed by atoms with van der Waals surface area (Å²) in [5.41, 5.74) is 1.23. The molecule has 0 N–H and O–H groups in total. The summed E-state index contributed by atoms with van der Waals surface area (Å²) in [7, 11) is 0. The Morgan fingerprint density at radius 2 is 1.89 bits per heavy atom. The molecule has 0 unspecified atom stereocenters. The highest BCUT2D eigenvalue weighted by molar-refractivity contribution is 5.81. The van der Waals surface area contributed by atoms with E-state index < -0.39 is 0 Å². The largest absolute Gasteiger partial charge is 0.336 e. The zero-order valence-corrected chi connectivity index (χ0v) is 11.6. The number of carbonyl (C=O) groups is 1. The van der Waals surface area contributed by atoms with Crippen LogP contribution in [-0.2, 0) is 4.79 Å². The average molecular weight is 245 g/mol. The molecular weight excluding hydrogens is 222 g/mol. The summed E-state index contributed by atoms with van der Waals surface area (Å²) in [5, 5.41) is 0. The van der Waals surface area contributed by atoms with Crippen LogP contribution in [0.5, 0.6) is 0 Å². The molecule has 0 aliphatic carbocycles. The third-order valence-corrected chi connectivity index (χ3v) is 3.86. The zero-order chi connectivity index (χ0) is 13.1. The van der Waals surface area contributed by atoms with E-state index in [1.54, 1.807) is 0 Å². The zero-order valence-electron chi connectivity index (χ0n) is 11.6. The molecule has 98 valence electrons. The van der Waals surface area contributed by atoms with E-state index in [0.29, 0.717) is 11.8 Å². The van der Waals surface area contributed by atoms with Gasteiger partial charge in [-0.1, -0.05) is 44.2 Å². The molecule has 0 spiro atoms. The lowest BCUT2D eigenvalue weighted by Gasteiger charge is -2.25. The van der Waals surface area contributed by atoms with Gasteiger partial charge in [-0.3, -0.25) is 4.79 Å². The van der Waals surface area contributed by atoms with E-state index in [-0.39, 0.29) is 12.0 Å². The minimum Gasteiger partial charge on any atom is -0.336 e. The maximum Gasteiger partial charge on any atom is 0.226 e. The third-order valence-electron chi connectivity index (χ3n) is 3.86. The molecule has 1 fully saturated rings. The molecule has 0 saturated carbocycles. The summed E-state index contributed by atoms with van der Waals surface area (Å²) in [4.78, 5) is 14.4. The van der Waals surface area contributed by atoms with Crippen molar-refractivity contribution in [2.45, 2.75) is 39.7 Å². The van der Waals surface area contributed by atoms with Gasteiger partial charge in [-0.15, -0.1) is 0 Å². The van der Waals surface area contributed by atoms with Crippen molar-refractivity contribution in [2.75, 3.05) is 6.54 Å². The van der Waals surface area contributed by atoms with Crippen molar-refractivity contribution in [1.82, 2.24) is 4.90 Å². The van der Waals surface area contributed by atoms with Gasteiger partial charge in [0.15, 0.2) is 0 Å². The van der Waals surface area contributed by atoms with Crippen LogP contribution in [0.2, 0.25) is 0 Å². The van der Waals surface area contributed by atoms with E-state index >= 15 is 0 Å². The molecule has 1 heterocycles. The van der Waals surface area contributed by atoms with Gasteiger partial charge >= 0.3 is 0 Å². The second kappa shape index (κ2) is 5.55.